The number of benzene rings is 2. The molecule has 2 aromatic rings. The van der Waals surface area contributed by atoms with Gasteiger partial charge in [-0.25, -0.2) is 0 Å². The van der Waals surface area contributed by atoms with Crippen LogP contribution in [0.4, 0.5) is 0 Å². The average molecular weight is 442 g/mol. The van der Waals surface area contributed by atoms with Gasteiger partial charge in [-0.2, -0.15) is 0 Å². The molecule has 1 saturated carbocycles. The normalized spacial score (nSPS) is 23.5. The maximum absolute atomic E-state index is 13.4. The number of primary amides is 1. The summed E-state index contributed by atoms with van der Waals surface area (Å²) in [5, 5.41) is 0.569. The zero-order valence-electron chi connectivity index (χ0n) is 18.2. The molecule has 0 saturated heterocycles. The molecule has 1 fully saturated rings. The zero-order chi connectivity index (χ0) is 22.9. The van der Waals surface area contributed by atoms with Crippen molar-refractivity contribution in [3.05, 3.63) is 64.7 Å². The van der Waals surface area contributed by atoms with Crippen molar-refractivity contribution in [1.82, 2.24) is 0 Å². The second kappa shape index (κ2) is 8.83. The number of hydrogen-bond donors (Lipinski definition) is 1. The Bertz CT molecular complexity index is 984. The van der Waals surface area contributed by atoms with Crippen LogP contribution in [0, 0.1) is 17.8 Å². The minimum atomic E-state index is -1.25. The molecule has 3 rings (SSSR count). The molecular weight excluding hydrogens is 414 g/mol. The van der Waals surface area contributed by atoms with Crippen LogP contribution in [0.1, 0.15) is 44.2 Å². The summed E-state index contributed by atoms with van der Waals surface area (Å²) in [5.41, 5.74) is 6.23. The van der Waals surface area contributed by atoms with Gasteiger partial charge in [0.2, 0.25) is 5.91 Å². The third-order valence-corrected chi connectivity index (χ3v) is 6.97. The van der Waals surface area contributed by atoms with Gasteiger partial charge in [-0.3, -0.25) is 14.4 Å². The van der Waals surface area contributed by atoms with E-state index in [0.29, 0.717) is 16.3 Å². The lowest BCUT2D eigenvalue weighted by Gasteiger charge is -2.45. The van der Waals surface area contributed by atoms with Crippen LogP contribution in [0.15, 0.2) is 48.5 Å². The summed E-state index contributed by atoms with van der Waals surface area (Å²) in [5.74, 6) is -2.63. The van der Waals surface area contributed by atoms with Crippen LogP contribution in [0.25, 0.3) is 0 Å². The van der Waals surface area contributed by atoms with Crippen molar-refractivity contribution in [3.8, 4) is 5.75 Å². The monoisotopic (exact) mass is 441 g/mol. The molecule has 31 heavy (non-hydrogen) atoms. The Morgan fingerprint density at radius 3 is 2.13 bits per heavy atom. The number of hydrogen-bond acceptors (Lipinski definition) is 4. The lowest BCUT2D eigenvalue weighted by Crippen LogP contribution is -2.57. The Hall–Kier alpha value is -2.66. The topological polar surface area (TPSA) is 86.5 Å². The summed E-state index contributed by atoms with van der Waals surface area (Å²) in [7, 11) is 1.56. The van der Waals surface area contributed by atoms with Crippen LogP contribution in [0.3, 0.4) is 0 Å². The molecule has 6 heteroatoms. The van der Waals surface area contributed by atoms with Gasteiger partial charge in [-0.1, -0.05) is 49.7 Å². The molecule has 0 heterocycles. The first-order valence-electron chi connectivity index (χ1n) is 10.4. The summed E-state index contributed by atoms with van der Waals surface area (Å²) < 4.78 is 5.25. The van der Waals surface area contributed by atoms with Crippen LogP contribution in [0.5, 0.6) is 5.75 Å². The minimum Gasteiger partial charge on any atom is -0.497 e. The van der Waals surface area contributed by atoms with Crippen molar-refractivity contribution < 1.29 is 19.1 Å². The van der Waals surface area contributed by atoms with Gasteiger partial charge < -0.3 is 10.5 Å². The Morgan fingerprint density at radius 2 is 1.65 bits per heavy atom. The minimum absolute atomic E-state index is 0.138. The third-order valence-electron chi connectivity index (χ3n) is 6.72. The van der Waals surface area contributed by atoms with Crippen LogP contribution in [0.2, 0.25) is 5.02 Å². The first-order valence-corrected chi connectivity index (χ1v) is 10.8. The van der Waals surface area contributed by atoms with E-state index in [1.54, 1.807) is 62.6 Å². The summed E-state index contributed by atoms with van der Waals surface area (Å²) in [6.45, 7) is 5.40. The third kappa shape index (κ3) is 3.87. The fourth-order valence-electron chi connectivity index (χ4n) is 5.02. The number of ketones is 2. The van der Waals surface area contributed by atoms with E-state index < -0.39 is 29.1 Å². The van der Waals surface area contributed by atoms with E-state index in [-0.39, 0.29) is 23.9 Å². The number of nitrogens with two attached hydrogens (primary N) is 1. The van der Waals surface area contributed by atoms with E-state index in [1.807, 2.05) is 13.8 Å². The molecule has 4 unspecified atom stereocenters. The number of rotatable bonds is 6. The standard InChI is InChI=1S/C25H28ClNO4/c1-14(2)25(24(27)30,17-7-11-19(31-4)12-8-17)21-13-20(22(28)15(3)23(21)29)16-5-9-18(26)10-6-16/h5-12,14-15,20-21H,13H2,1-4H3,(H2,27,30). The molecule has 2 N–H and O–H groups in total. The van der Waals surface area contributed by atoms with Gasteiger partial charge in [-0.15, -0.1) is 0 Å². The Labute approximate surface area is 187 Å². The molecule has 164 valence electrons. The van der Waals surface area contributed by atoms with Gasteiger partial charge in [0.1, 0.15) is 11.5 Å². The van der Waals surface area contributed by atoms with Gasteiger partial charge in [0.15, 0.2) is 5.78 Å². The summed E-state index contributed by atoms with van der Waals surface area (Å²) >= 11 is 6.02. The molecule has 0 radical (unpaired) electrons. The van der Waals surface area contributed by atoms with E-state index >= 15 is 0 Å². The molecule has 0 aromatic heterocycles. The Morgan fingerprint density at radius 1 is 1.06 bits per heavy atom. The summed E-state index contributed by atoms with van der Waals surface area (Å²) in [4.78, 5) is 39.6. The SMILES string of the molecule is COc1ccc(C(C(N)=O)(C(C)C)C2CC(c3ccc(Cl)cc3)C(=O)C(C)C2=O)cc1. The van der Waals surface area contributed by atoms with Crippen LogP contribution >= 0.6 is 11.6 Å². The first kappa shape index (κ1) is 23.0. The molecular formula is C25H28ClNO4. The zero-order valence-corrected chi connectivity index (χ0v) is 19.0. The quantitative estimate of drug-likeness (QED) is 0.677. The van der Waals surface area contributed by atoms with Crippen molar-refractivity contribution in [2.45, 2.75) is 38.5 Å². The lowest BCUT2D eigenvalue weighted by atomic mass is 9.55. The maximum atomic E-state index is 13.4. The smallest absolute Gasteiger partial charge is 0.229 e. The number of carbonyl (C=O) groups is 3. The van der Waals surface area contributed by atoms with Gasteiger partial charge in [0, 0.05) is 16.9 Å². The number of halogens is 1. The van der Waals surface area contributed by atoms with Gasteiger partial charge in [0.05, 0.1) is 18.4 Å². The van der Waals surface area contributed by atoms with Gasteiger partial charge in [-0.05, 0) is 54.7 Å². The van der Waals surface area contributed by atoms with E-state index in [0.717, 1.165) is 5.56 Å². The molecule has 0 bridgehead atoms. The predicted molar refractivity (Wildman–Crippen MR) is 120 cm³/mol. The number of carbonyl (C=O) groups excluding carboxylic acids is 3. The molecule has 1 aliphatic carbocycles. The summed E-state index contributed by atoms with van der Waals surface area (Å²) in [6, 6.07) is 14.2. The number of Topliss-reactive ketones (excluding diaryl/α,β-unsaturated/α-hetero) is 2. The summed E-state index contributed by atoms with van der Waals surface area (Å²) in [6.07, 6.45) is 0.219. The molecule has 2 aromatic carbocycles. The number of amides is 1. The highest BCUT2D eigenvalue weighted by Gasteiger charge is 2.56. The fourth-order valence-corrected chi connectivity index (χ4v) is 5.15. The number of methoxy groups -OCH3 is 1. The largest absolute Gasteiger partial charge is 0.497 e. The van der Waals surface area contributed by atoms with Crippen molar-refractivity contribution in [3.63, 3.8) is 0 Å². The predicted octanol–water partition coefficient (Wildman–Crippen LogP) is 4.31. The van der Waals surface area contributed by atoms with Gasteiger partial charge >= 0.3 is 0 Å². The first-order chi connectivity index (χ1) is 14.6. The molecule has 0 aliphatic heterocycles. The molecule has 1 amide bonds. The van der Waals surface area contributed by atoms with E-state index in [4.69, 9.17) is 22.1 Å². The second-order valence-electron chi connectivity index (χ2n) is 8.54. The van der Waals surface area contributed by atoms with Crippen LogP contribution in [-0.4, -0.2) is 24.6 Å². The van der Waals surface area contributed by atoms with Crippen molar-refractivity contribution in [2.24, 2.45) is 23.5 Å². The van der Waals surface area contributed by atoms with Crippen molar-refractivity contribution in [2.75, 3.05) is 7.11 Å². The molecule has 0 spiro atoms. The van der Waals surface area contributed by atoms with Crippen LogP contribution in [-0.2, 0) is 19.8 Å². The maximum Gasteiger partial charge on any atom is 0.229 e. The highest BCUT2D eigenvalue weighted by atomic mass is 35.5. The lowest BCUT2D eigenvalue weighted by molar-refractivity contribution is -0.146. The van der Waals surface area contributed by atoms with Crippen LogP contribution < -0.4 is 10.5 Å². The number of ether oxygens (including phenoxy) is 1. The molecule has 1 aliphatic rings. The fraction of sp³-hybridized carbons (Fsp3) is 0.400. The highest BCUT2D eigenvalue weighted by molar-refractivity contribution is 6.30. The second-order valence-corrected chi connectivity index (χ2v) is 8.97. The van der Waals surface area contributed by atoms with E-state index in [9.17, 15) is 14.4 Å². The van der Waals surface area contributed by atoms with Crippen molar-refractivity contribution in [1.29, 1.82) is 0 Å². The highest BCUT2D eigenvalue weighted by Crippen LogP contribution is 2.48. The van der Waals surface area contributed by atoms with E-state index in [2.05, 4.69) is 0 Å². The molecule has 5 nitrogen and oxygen atoms in total. The Kier molecular flexibility index (Phi) is 6.56. The average Bonchev–Trinajstić information content (AvgIpc) is 2.75. The van der Waals surface area contributed by atoms with Crippen molar-refractivity contribution >= 4 is 29.1 Å². The Balaban J connectivity index is 2.16. The van der Waals surface area contributed by atoms with E-state index in [1.165, 1.54) is 0 Å². The van der Waals surface area contributed by atoms with Gasteiger partial charge in [0.25, 0.3) is 0 Å². The molecule has 4 atom stereocenters.